The molecule has 0 amide bonds. The number of carbonyl (C=O) groups excluding carboxylic acids is 1. The van der Waals surface area contributed by atoms with E-state index in [0.717, 1.165) is 36.2 Å². The Kier molecular flexibility index (Phi) is 5.87. The van der Waals surface area contributed by atoms with Crippen LogP contribution in [-0.2, 0) is 19.1 Å². The van der Waals surface area contributed by atoms with Crippen LogP contribution in [0.3, 0.4) is 0 Å². The van der Waals surface area contributed by atoms with Crippen molar-refractivity contribution in [2.24, 2.45) is 0 Å². The molecule has 1 heterocycles. The average molecular weight is 388 g/mol. The van der Waals surface area contributed by atoms with Gasteiger partial charge in [0.05, 0.1) is 5.56 Å². The van der Waals surface area contributed by atoms with E-state index in [0.29, 0.717) is 5.56 Å². The minimum atomic E-state index is -4.45. The Bertz CT molecular complexity index is 949. The second-order valence-electron chi connectivity index (χ2n) is 6.45. The first-order valence-corrected chi connectivity index (χ1v) is 8.94. The molecule has 2 aromatic carbocycles. The number of carbonyl (C=O) groups is 1. The summed E-state index contributed by atoms with van der Waals surface area (Å²) < 4.78 is 38.5. The van der Waals surface area contributed by atoms with E-state index in [-0.39, 0.29) is 23.7 Å². The predicted molar refractivity (Wildman–Crippen MR) is 97.6 cm³/mol. The van der Waals surface area contributed by atoms with Crippen LogP contribution in [0.15, 0.2) is 48.5 Å². The van der Waals surface area contributed by atoms with Crippen molar-refractivity contribution in [1.82, 2.24) is 20.2 Å². The van der Waals surface area contributed by atoms with Gasteiger partial charge in [0.15, 0.2) is 5.78 Å². The highest BCUT2D eigenvalue weighted by Gasteiger charge is 2.30. The lowest BCUT2D eigenvalue weighted by atomic mass is 10.0. The van der Waals surface area contributed by atoms with Gasteiger partial charge in [-0.15, -0.1) is 10.2 Å². The SMILES string of the molecule is CCCCc1ccc(C(=O)Cn2nnc(-c3cccc(C(F)(F)F)c3)n2)cc1. The molecule has 0 aliphatic heterocycles. The minimum absolute atomic E-state index is 0.0359. The molecule has 0 aliphatic rings. The number of aromatic nitrogens is 4. The van der Waals surface area contributed by atoms with E-state index >= 15 is 0 Å². The lowest BCUT2D eigenvalue weighted by molar-refractivity contribution is -0.137. The normalized spacial score (nSPS) is 11.6. The van der Waals surface area contributed by atoms with Gasteiger partial charge in [-0.2, -0.15) is 18.0 Å². The topological polar surface area (TPSA) is 60.7 Å². The highest BCUT2D eigenvalue weighted by molar-refractivity contribution is 5.95. The Balaban J connectivity index is 1.70. The molecular formula is C20H19F3N4O. The summed E-state index contributed by atoms with van der Waals surface area (Å²) in [7, 11) is 0. The van der Waals surface area contributed by atoms with Gasteiger partial charge in [-0.3, -0.25) is 4.79 Å². The number of benzene rings is 2. The van der Waals surface area contributed by atoms with Crippen molar-refractivity contribution in [3.63, 3.8) is 0 Å². The largest absolute Gasteiger partial charge is 0.416 e. The van der Waals surface area contributed by atoms with Crippen LogP contribution in [0, 0.1) is 0 Å². The number of aryl methyl sites for hydroxylation is 1. The van der Waals surface area contributed by atoms with Gasteiger partial charge in [-0.05, 0) is 35.8 Å². The molecule has 28 heavy (non-hydrogen) atoms. The fourth-order valence-corrected chi connectivity index (χ4v) is 2.72. The number of unbranched alkanes of at least 4 members (excludes halogenated alkanes) is 1. The Hall–Kier alpha value is -3.03. The molecule has 0 unspecified atom stereocenters. The summed E-state index contributed by atoms with van der Waals surface area (Å²) in [6.07, 6.45) is -1.29. The van der Waals surface area contributed by atoms with Gasteiger partial charge < -0.3 is 0 Å². The summed E-state index contributed by atoms with van der Waals surface area (Å²) in [5, 5.41) is 11.6. The van der Waals surface area contributed by atoms with E-state index in [1.54, 1.807) is 12.1 Å². The molecule has 0 saturated heterocycles. The molecule has 146 valence electrons. The molecule has 1 aromatic heterocycles. The third-order valence-electron chi connectivity index (χ3n) is 4.28. The molecule has 0 atom stereocenters. The first kappa shape index (κ1) is 19.7. The van der Waals surface area contributed by atoms with Crippen molar-refractivity contribution in [3.8, 4) is 11.4 Å². The number of nitrogens with zero attached hydrogens (tertiary/aromatic N) is 4. The summed E-state index contributed by atoms with van der Waals surface area (Å²) in [6.45, 7) is 1.98. The summed E-state index contributed by atoms with van der Waals surface area (Å²) in [5.74, 6) is -0.163. The van der Waals surface area contributed by atoms with Gasteiger partial charge in [-0.1, -0.05) is 49.7 Å². The maximum Gasteiger partial charge on any atom is 0.416 e. The average Bonchev–Trinajstić information content (AvgIpc) is 3.14. The van der Waals surface area contributed by atoms with Crippen molar-refractivity contribution in [1.29, 1.82) is 0 Å². The Morgan fingerprint density at radius 3 is 2.54 bits per heavy atom. The molecule has 8 heteroatoms. The number of hydrogen-bond donors (Lipinski definition) is 0. The Morgan fingerprint density at radius 1 is 1.11 bits per heavy atom. The van der Waals surface area contributed by atoms with Crippen LogP contribution < -0.4 is 0 Å². The van der Waals surface area contributed by atoms with Crippen molar-refractivity contribution in [2.75, 3.05) is 0 Å². The number of hydrogen-bond acceptors (Lipinski definition) is 4. The number of ketones is 1. The van der Waals surface area contributed by atoms with Gasteiger partial charge in [0.25, 0.3) is 0 Å². The van der Waals surface area contributed by atoms with Crippen LogP contribution in [0.5, 0.6) is 0 Å². The van der Waals surface area contributed by atoms with Gasteiger partial charge in [0.2, 0.25) is 5.82 Å². The molecule has 0 spiro atoms. The van der Waals surface area contributed by atoms with Gasteiger partial charge in [-0.25, -0.2) is 0 Å². The van der Waals surface area contributed by atoms with Crippen molar-refractivity contribution in [3.05, 3.63) is 65.2 Å². The molecule has 0 N–H and O–H groups in total. The Labute approximate surface area is 160 Å². The second kappa shape index (κ2) is 8.33. The van der Waals surface area contributed by atoms with Crippen molar-refractivity contribution < 1.29 is 18.0 Å². The van der Waals surface area contributed by atoms with Crippen LogP contribution in [0.1, 0.15) is 41.3 Å². The van der Waals surface area contributed by atoms with Crippen molar-refractivity contribution >= 4 is 5.78 Å². The maximum absolute atomic E-state index is 12.8. The zero-order valence-electron chi connectivity index (χ0n) is 15.3. The molecule has 0 fully saturated rings. The molecule has 5 nitrogen and oxygen atoms in total. The number of tetrazole rings is 1. The number of Topliss-reactive ketones (excluding diaryl/α,β-unsaturated/α-hetero) is 1. The van der Waals surface area contributed by atoms with E-state index in [9.17, 15) is 18.0 Å². The summed E-state index contributed by atoms with van der Waals surface area (Å²) in [4.78, 5) is 13.5. The lowest BCUT2D eigenvalue weighted by Crippen LogP contribution is -2.13. The van der Waals surface area contributed by atoms with Gasteiger partial charge >= 0.3 is 6.18 Å². The first-order valence-electron chi connectivity index (χ1n) is 8.94. The summed E-state index contributed by atoms with van der Waals surface area (Å²) in [5.41, 5.74) is 1.09. The van der Waals surface area contributed by atoms with Gasteiger partial charge in [0.1, 0.15) is 6.54 Å². The first-order chi connectivity index (χ1) is 13.4. The lowest BCUT2D eigenvalue weighted by Gasteiger charge is -2.06. The van der Waals surface area contributed by atoms with Crippen LogP contribution >= 0.6 is 0 Å². The number of rotatable bonds is 7. The van der Waals surface area contributed by atoms with Crippen LogP contribution in [0.25, 0.3) is 11.4 Å². The maximum atomic E-state index is 12.8. The highest BCUT2D eigenvalue weighted by atomic mass is 19.4. The standard InChI is InChI=1S/C20H19F3N4O/c1-2-3-5-14-8-10-15(11-9-14)18(28)13-27-25-19(24-26-27)16-6-4-7-17(12-16)20(21,22)23/h4,6-12H,2-3,5,13H2,1H3. The molecule has 3 rings (SSSR count). The molecule has 0 aliphatic carbocycles. The summed E-state index contributed by atoms with van der Waals surface area (Å²) in [6, 6.07) is 12.0. The molecule has 0 radical (unpaired) electrons. The van der Waals surface area contributed by atoms with Gasteiger partial charge in [0, 0.05) is 11.1 Å². The van der Waals surface area contributed by atoms with Crippen LogP contribution in [0.2, 0.25) is 0 Å². The third-order valence-corrected chi connectivity index (χ3v) is 4.28. The Morgan fingerprint density at radius 2 is 1.86 bits per heavy atom. The molecule has 0 bridgehead atoms. The molecule has 0 saturated carbocycles. The zero-order valence-corrected chi connectivity index (χ0v) is 15.3. The number of halogens is 3. The van der Waals surface area contributed by atoms with Crippen LogP contribution in [-0.4, -0.2) is 26.0 Å². The van der Waals surface area contributed by atoms with Crippen molar-refractivity contribution in [2.45, 2.75) is 38.9 Å². The smallest absolute Gasteiger partial charge is 0.292 e. The van der Waals surface area contributed by atoms with E-state index in [1.165, 1.54) is 17.7 Å². The number of alkyl halides is 3. The molecular weight excluding hydrogens is 369 g/mol. The monoisotopic (exact) mass is 388 g/mol. The van der Waals surface area contributed by atoms with E-state index in [1.807, 2.05) is 12.1 Å². The second-order valence-corrected chi connectivity index (χ2v) is 6.45. The predicted octanol–water partition coefficient (Wildman–Crippen LogP) is 4.58. The quantitative estimate of drug-likeness (QED) is 0.556. The van der Waals surface area contributed by atoms with E-state index in [2.05, 4.69) is 22.3 Å². The molecule has 3 aromatic rings. The highest BCUT2D eigenvalue weighted by Crippen LogP contribution is 2.31. The fourth-order valence-electron chi connectivity index (χ4n) is 2.72. The summed E-state index contributed by atoms with van der Waals surface area (Å²) >= 11 is 0. The minimum Gasteiger partial charge on any atom is -0.292 e. The fraction of sp³-hybridized carbons (Fsp3) is 0.300. The van der Waals surface area contributed by atoms with E-state index < -0.39 is 11.7 Å². The van der Waals surface area contributed by atoms with E-state index in [4.69, 9.17) is 0 Å². The third kappa shape index (κ3) is 4.82. The van der Waals surface area contributed by atoms with Crippen LogP contribution in [0.4, 0.5) is 13.2 Å². The zero-order chi connectivity index (χ0) is 20.1.